The van der Waals surface area contributed by atoms with E-state index in [1.54, 1.807) is 12.1 Å². The van der Waals surface area contributed by atoms with Crippen LogP contribution in [0, 0.1) is 0 Å². The van der Waals surface area contributed by atoms with Crippen molar-refractivity contribution in [3.8, 4) is 11.5 Å². The lowest BCUT2D eigenvalue weighted by atomic mass is 9.86. The van der Waals surface area contributed by atoms with Crippen LogP contribution in [0.2, 0.25) is 0 Å². The fraction of sp³-hybridized carbons (Fsp3) is 0.231. The average Bonchev–Trinajstić information content (AvgIpc) is 3.31. The van der Waals surface area contributed by atoms with E-state index in [4.69, 9.17) is 4.74 Å². The first-order chi connectivity index (χ1) is 16.9. The third-order valence-electron chi connectivity index (χ3n) is 6.56. The molecule has 1 aromatic heterocycles. The zero-order chi connectivity index (χ0) is 24.2. The first-order valence-corrected chi connectivity index (χ1v) is 14.1. The minimum Gasteiger partial charge on any atom is -0.457 e. The second-order valence-corrected chi connectivity index (χ2v) is 11.8. The summed E-state index contributed by atoms with van der Waals surface area (Å²) in [6.45, 7) is 2.39. The van der Waals surface area contributed by atoms with Crippen molar-refractivity contribution in [2.45, 2.75) is 10.8 Å². The predicted octanol–water partition coefficient (Wildman–Crippen LogP) is 4.29. The van der Waals surface area contributed by atoms with Gasteiger partial charge in [0.1, 0.15) is 17.0 Å². The van der Waals surface area contributed by atoms with Crippen molar-refractivity contribution in [1.82, 2.24) is 9.88 Å². The predicted molar refractivity (Wildman–Crippen MR) is 136 cm³/mol. The Morgan fingerprint density at radius 1 is 0.914 bits per heavy atom. The SMILES string of the molecule is CS(=O)(=O)c1cccc2sc(N3CCN(C(=O)C4c5ccccc5Oc5ccccc54)CC3)nc12. The van der Waals surface area contributed by atoms with E-state index in [9.17, 15) is 13.2 Å². The standard InChI is InChI=1S/C26H23N3O4S2/c1-35(31,32)22-12-6-11-21-24(22)27-26(34-21)29-15-13-28(14-16-29)25(30)23-17-7-2-4-9-19(17)33-20-10-5-3-8-18(20)23/h2-12,23H,13-16H2,1H3. The van der Waals surface area contributed by atoms with Gasteiger partial charge in [-0.25, -0.2) is 13.4 Å². The van der Waals surface area contributed by atoms with Crippen LogP contribution in [0.5, 0.6) is 11.5 Å². The van der Waals surface area contributed by atoms with Crippen LogP contribution in [0.25, 0.3) is 10.2 Å². The first-order valence-electron chi connectivity index (χ1n) is 11.4. The van der Waals surface area contributed by atoms with E-state index >= 15 is 0 Å². The zero-order valence-electron chi connectivity index (χ0n) is 19.0. The lowest BCUT2D eigenvalue weighted by molar-refractivity contribution is -0.132. The highest BCUT2D eigenvalue weighted by Gasteiger charge is 2.36. The molecule has 0 saturated carbocycles. The molecule has 4 aromatic rings. The monoisotopic (exact) mass is 505 g/mol. The van der Waals surface area contributed by atoms with Gasteiger partial charge in [-0.15, -0.1) is 0 Å². The average molecular weight is 506 g/mol. The molecule has 0 spiro atoms. The van der Waals surface area contributed by atoms with Gasteiger partial charge in [0.05, 0.1) is 15.5 Å². The molecule has 0 N–H and O–H groups in total. The van der Waals surface area contributed by atoms with Gasteiger partial charge in [0.2, 0.25) is 5.91 Å². The number of anilines is 1. The first kappa shape index (κ1) is 22.1. The van der Waals surface area contributed by atoms with E-state index in [0.29, 0.717) is 31.7 Å². The number of carbonyl (C=O) groups is 1. The van der Waals surface area contributed by atoms with Gasteiger partial charge in [0.25, 0.3) is 0 Å². The van der Waals surface area contributed by atoms with Gasteiger partial charge in [-0.05, 0) is 24.3 Å². The molecule has 1 fully saturated rings. The summed E-state index contributed by atoms with van der Waals surface area (Å²) in [6.07, 6.45) is 1.21. The van der Waals surface area contributed by atoms with Crippen LogP contribution in [-0.4, -0.2) is 56.6 Å². The molecule has 0 bridgehead atoms. The zero-order valence-corrected chi connectivity index (χ0v) is 20.7. The second-order valence-electron chi connectivity index (χ2n) is 8.79. The number of carbonyl (C=O) groups excluding carboxylic acids is 1. The Balaban J connectivity index is 1.25. The Morgan fingerprint density at radius 2 is 1.54 bits per heavy atom. The van der Waals surface area contributed by atoms with E-state index in [1.165, 1.54) is 17.6 Å². The number of fused-ring (bicyclic) bond motifs is 3. The minimum atomic E-state index is -3.37. The Kier molecular flexibility index (Phi) is 5.26. The molecule has 1 amide bonds. The Bertz CT molecular complexity index is 1510. The smallest absolute Gasteiger partial charge is 0.234 e. The quantitative estimate of drug-likeness (QED) is 0.413. The number of para-hydroxylation sites is 3. The fourth-order valence-corrected chi connectivity index (χ4v) is 6.76. The van der Waals surface area contributed by atoms with Crippen LogP contribution in [0.1, 0.15) is 17.0 Å². The molecule has 0 unspecified atom stereocenters. The topological polar surface area (TPSA) is 79.8 Å². The molecular weight excluding hydrogens is 482 g/mol. The van der Waals surface area contributed by atoms with Crippen molar-refractivity contribution in [3.63, 3.8) is 0 Å². The van der Waals surface area contributed by atoms with Gasteiger partial charge in [-0.3, -0.25) is 4.79 Å². The Morgan fingerprint density at radius 3 is 2.17 bits per heavy atom. The summed E-state index contributed by atoms with van der Waals surface area (Å²) in [5, 5.41) is 0.782. The number of hydrogen-bond donors (Lipinski definition) is 0. The summed E-state index contributed by atoms with van der Waals surface area (Å²) in [7, 11) is -3.37. The third kappa shape index (κ3) is 3.84. The van der Waals surface area contributed by atoms with Crippen LogP contribution in [0.15, 0.2) is 71.6 Å². The molecule has 0 atom stereocenters. The number of thiazole rings is 1. The number of piperazine rings is 1. The van der Waals surface area contributed by atoms with Crippen molar-refractivity contribution in [2.75, 3.05) is 37.3 Å². The van der Waals surface area contributed by atoms with Crippen molar-refractivity contribution < 1.29 is 17.9 Å². The highest BCUT2D eigenvalue weighted by molar-refractivity contribution is 7.91. The Labute approximate surface area is 207 Å². The summed E-state index contributed by atoms with van der Waals surface area (Å²) >= 11 is 1.48. The van der Waals surface area contributed by atoms with Crippen molar-refractivity contribution in [1.29, 1.82) is 0 Å². The van der Waals surface area contributed by atoms with Crippen LogP contribution < -0.4 is 9.64 Å². The molecule has 1 saturated heterocycles. The van der Waals surface area contributed by atoms with E-state index in [2.05, 4.69) is 9.88 Å². The van der Waals surface area contributed by atoms with Crippen molar-refractivity contribution in [3.05, 3.63) is 77.9 Å². The maximum absolute atomic E-state index is 13.8. The molecule has 6 rings (SSSR count). The van der Waals surface area contributed by atoms with E-state index in [0.717, 1.165) is 32.5 Å². The molecule has 3 heterocycles. The number of sulfone groups is 1. The summed E-state index contributed by atoms with van der Waals surface area (Å²) in [4.78, 5) is 22.8. The normalized spacial score (nSPS) is 16.0. The highest BCUT2D eigenvalue weighted by atomic mass is 32.2. The molecule has 2 aliphatic rings. The number of ether oxygens (including phenoxy) is 1. The lowest BCUT2D eigenvalue weighted by Gasteiger charge is -2.37. The van der Waals surface area contributed by atoms with Crippen molar-refractivity contribution in [2.24, 2.45) is 0 Å². The van der Waals surface area contributed by atoms with Crippen LogP contribution in [-0.2, 0) is 14.6 Å². The van der Waals surface area contributed by atoms with Crippen molar-refractivity contribution >= 4 is 42.4 Å². The van der Waals surface area contributed by atoms with Gasteiger partial charge in [-0.2, -0.15) is 0 Å². The summed E-state index contributed by atoms with van der Waals surface area (Å²) < 4.78 is 31.2. The maximum Gasteiger partial charge on any atom is 0.234 e. The molecular formula is C26H23N3O4S2. The van der Waals surface area contributed by atoms with Gasteiger partial charge in [0, 0.05) is 43.6 Å². The number of nitrogens with zero attached hydrogens (tertiary/aromatic N) is 3. The van der Waals surface area contributed by atoms with E-state index in [1.807, 2.05) is 59.5 Å². The molecule has 178 valence electrons. The molecule has 0 radical (unpaired) electrons. The second kappa shape index (κ2) is 8.35. The van der Waals surface area contributed by atoms with Gasteiger partial charge in [0.15, 0.2) is 15.0 Å². The molecule has 3 aromatic carbocycles. The minimum absolute atomic E-state index is 0.0662. The van der Waals surface area contributed by atoms with Gasteiger partial charge >= 0.3 is 0 Å². The molecule has 9 heteroatoms. The van der Waals surface area contributed by atoms with Crippen LogP contribution in [0.3, 0.4) is 0 Å². The van der Waals surface area contributed by atoms with E-state index in [-0.39, 0.29) is 10.8 Å². The lowest BCUT2D eigenvalue weighted by Crippen LogP contribution is -2.50. The summed E-state index contributed by atoms with van der Waals surface area (Å²) in [6, 6.07) is 20.7. The fourth-order valence-electron chi connectivity index (χ4n) is 4.82. The number of benzene rings is 3. The maximum atomic E-state index is 13.8. The van der Waals surface area contributed by atoms with Crippen LogP contribution in [0.4, 0.5) is 5.13 Å². The number of rotatable bonds is 3. The molecule has 2 aliphatic heterocycles. The van der Waals surface area contributed by atoms with E-state index < -0.39 is 15.8 Å². The molecule has 0 aliphatic carbocycles. The van der Waals surface area contributed by atoms with Crippen LogP contribution >= 0.6 is 11.3 Å². The largest absolute Gasteiger partial charge is 0.457 e. The number of hydrogen-bond acceptors (Lipinski definition) is 7. The summed E-state index contributed by atoms with van der Waals surface area (Å²) in [5.74, 6) is 1.11. The number of amides is 1. The molecule has 7 nitrogen and oxygen atoms in total. The number of aromatic nitrogens is 1. The summed E-state index contributed by atoms with van der Waals surface area (Å²) in [5.41, 5.74) is 2.29. The van der Waals surface area contributed by atoms with Gasteiger partial charge in [-0.1, -0.05) is 53.8 Å². The third-order valence-corrected chi connectivity index (χ3v) is 8.77. The highest BCUT2D eigenvalue weighted by Crippen LogP contribution is 2.44. The Hall–Kier alpha value is -3.43. The van der Waals surface area contributed by atoms with Gasteiger partial charge < -0.3 is 14.5 Å². The molecule has 35 heavy (non-hydrogen) atoms.